The lowest BCUT2D eigenvalue weighted by atomic mass is 9.94. The third-order valence-electron chi connectivity index (χ3n) is 3.90. The summed E-state index contributed by atoms with van der Waals surface area (Å²) in [6.45, 7) is 8.39. The summed E-state index contributed by atoms with van der Waals surface area (Å²) in [4.78, 5) is 36.9. The Morgan fingerprint density at radius 3 is 2.00 bits per heavy atom. The molecule has 2 amide bonds. The molecule has 0 aliphatic carbocycles. The van der Waals surface area contributed by atoms with Crippen LogP contribution in [0.4, 0.5) is 0 Å². The highest BCUT2D eigenvalue weighted by atomic mass is 16.4. The van der Waals surface area contributed by atoms with E-state index < -0.39 is 12.0 Å². The summed E-state index contributed by atoms with van der Waals surface area (Å²) >= 11 is 0. The smallest absolute Gasteiger partial charge is 0.326 e. The summed E-state index contributed by atoms with van der Waals surface area (Å²) in [6, 6.07) is -0.854. The van der Waals surface area contributed by atoms with Crippen LogP contribution in [0.5, 0.6) is 0 Å². The van der Waals surface area contributed by atoms with Gasteiger partial charge >= 0.3 is 5.97 Å². The summed E-state index contributed by atoms with van der Waals surface area (Å²) in [5.41, 5.74) is 0. The zero-order chi connectivity index (χ0) is 16.2. The molecule has 1 fully saturated rings. The number of carboxylic acids is 1. The highest BCUT2D eigenvalue weighted by Crippen LogP contribution is 2.19. The lowest BCUT2D eigenvalue weighted by molar-refractivity contribution is -0.144. The van der Waals surface area contributed by atoms with Crippen LogP contribution in [0.3, 0.4) is 0 Å². The normalized spacial score (nSPS) is 17.9. The van der Waals surface area contributed by atoms with Crippen molar-refractivity contribution < 1.29 is 19.5 Å². The fraction of sp³-hybridized carbons (Fsp3) is 0.800. The maximum absolute atomic E-state index is 12.1. The third kappa shape index (κ3) is 4.72. The largest absolute Gasteiger partial charge is 0.480 e. The van der Waals surface area contributed by atoms with E-state index in [1.807, 2.05) is 13.8 Å². The van der Waals surface area contributed by atoms with Crippen LogP contribution in [0.25, 0.3) is 0 Å². The van der Waals surface area contributed by atoms with Crippen LogP contribution in [0.1, 0.15) is 40.5 Å². The topological polar surface area (TPSA) is 86.7 Å². The van der Waals surface area contributed by atoms with Gasteiger partial charge in [0.2, 0.25) is 11.8 Å². The van der Waals surface area contributed by atoms with Gasteiger partial charge in [-0.1, -0.05) is 27.7 Å². The van der Waals surface area contributed by atoms with Crippen LogP contribution < -0.4 is 5.32 Å². The van der Waals surface area contributed by atoms with E-state index in [1.165, 1.54) is 0 Å². The van der Waals surface area contributed by atoms with Crippen LogP contribution in [-0.2, 0) is 14.4 Å². The zero-order valence-corrected chi connectivity index (χ0v) is 13.3. The first kappa shape index (κ1) is 17.5. The van der Waals surface area contributed by atoms with Gasteiger partial charge in [0.15, 0.2) is 0 Å². The molecule has 1 aliphatic rings. The average Bonchev–Trinajstić information content (AvgIpc) is 2.42. The SMILES string of the molecule is CC(C)C(=O)N1CCC(C(=O)NC(C(=O)O)C(C)C)CC1. The number of piperidine rings is 1. The lowest BCUT2D eigenvalue weighted by Gasteiger charge is -2.33. The molecule has 6 heteroatoms. The van der Waals surface area contributed by atoms with Crippen molar-refractivity contribution in [2.45, 2.75) is 46.6 Å². The van der Waals surface area contributed by atoms with E-state index in [4.69, 9.17) is 5.11 Å². The Hall–Kier alpha value is -1.59. The number of hydrogen-bond donors (Lipinski definition) is 2. The summed E-state index contributed by atoms with van der Waals surface area (Å²) in [6.07, 6.45) is 1.18. The molecule has 6 nitrogen and oxygen atoms in total. The van der Waals surface area contributed by atoms with Gasteiger partial charge in [0, 0.05) is 24.9 Å². The van der Waals surface area contributed by atoms with Gasteiger partial charge < -0.3 is 15.3 Å². The number of carbonyl (C=O) groups is 3. The molecule has 1 unspecified atom stereocenters. The van der Waals surface area contributed by atoms with E-state index in [0.29, 0.717) is 25.9 Å². The van der Waals surface area contributed by atoms with Crippen molar-refractivity contribution in [3.63, 3.8) is 0 Å². The van der Waals surface area contributed by atoms with E-state index in [9.17, 15) is 14.4 Å². The first-order valence-electron chi connectivity index (χ1n) is 7.56. The third-order valence-corrected chi connectivity index (χ3v) is 3.90. The highest BCUT2D eigenvalue weighted by Gasteiger charge is 2.31. The molecule has 0 aromatic rings. The standard InChI is InChI=1S/C15H26N2O4/c1-9(2)12(15(20)21)16-13(18)11-5-7-17(8-6-11)14(19)10(3)4/h9-12H,5-8H2,1-4H3,(H,16,18)(H,20,21). The second-order valence-electron chi connectivity index (χ2n) is 6.32. The number of hydrogen-bond acceptors (Lipinski definition) is 3. The second kappa shape index (κ2) is 7.43. The van der Waals surface area contributed by atoms with E-state index in [2.05, 4.69) is 5.32 Å². The van der Waals surface area contributed by atoms with Crippen molar-refractivity contribution in [3.05, 3.63) is 0 Å². The number of nitrogens with zero attached hydrogens (tertiary/aromatic N) is 1. The molecule has 1 aliphatic heterocycles. The number of carboxylic acid groups (broad SMARTS) is 1. The summed E-state index contributed by atoms with van der Waals surface area (Å²) in [5, 5.41) is 11.7. The van der Waals surface area contributed by atoms with Gasteiger partial charge in [-0.15, -0.1) is 0 Å². The Morgan fingerprint density at radius 2 is 1.62 bits per heavy atom. The first-order valence-corrected chi connectivity index (χ1v) is 7.56. The van der Waals surface area contributed by atoms with Gasteiger partial charge in [-0.2, -0.15) is 0 Å². The van der Waals surface area contributed by atoms with Crippen LogP contribution >= 0.6 is 0 Å². The maximum Gasteiger partial charge on any atom is 0.326 e. The van der Waals surface area contributed by atoms with Gasteiger partial charge in [0.1, 0.15) is 6.04 Å². The average molecular weight is 298 g/mol. The van der Waals surface area contributed by atoms with Crippen molar-refractivity contribution in [1.29, 1.82) is 0 Å². The van der Waals surface area contributed by atoms with Crippen molar-refractivity contribution >= 4 is 17.8 Å². The van der Waals surface area contributed by atoms with E-state index in [0.717, 1.165) is 0 Å². The Bertz CT molecular complexity index is 398. The molecule has 1 heterocycles. The van der Waals surface area contributed by atoms with E-state index in [-0.39, 0.29) is 29.6 Å². The molecule has 0 aromatic carbocycles. The van der Waals surface area contributed by atoms with Gasteiger partial charge in [-0.3, -0.25) is 9.59 Å². The van der Waals surface area contributed by atoms with Gasteiger partial charge in [-0.25, -0.2) is 4.79 Å². The quantitative estimate of drug-likeness (QED) is 0.796. The zero-order valence-electron chi connectivity index (χ0n) is 13.3. The predicted octanol–water partition coefficient (Wildman–Crippen LogP) is 1.11. The Labute approximate surface area is 125 Å². The number of carbonyl (C=O) groups excluding carboxylic acids is 2. The van der Waals surface area contributed by atoms with Crippen molar-refractivity contribution in [1.82, 2.24) is 10.2 Å². The van der Waals surface area contributed by atoms with Crippen molar-refractivity contribution in [3.8, 4) is 0 Å². The number of aliphatic carboxylic acids is 1. The lowest BCUT2D eigenvalue weighted by Crippen LogP contribution is -2.49. The van der Waals surface area contributed by atoms with Gasteiger partial charge in [0.05, 0.1) is 0 Å². The van der Waals surface area contributed by atoms with Crippen LogP contribution in [0, 0.1) is 17.8 Å². The number of likely N-dealkylation sites (tertiary alicyclic amines) is 1. The highest BCUT2D eigenvalue weighted by molar-refractivity contribution is 5.85. The molecule has 0 spiro atoms. The molecular weight excluding hydrogens is 272 g/mol. The Balaban J connectivity index is 2.52. The van der Waals surface area contributed by atoms with Crippen LogP contribution in [0.2, 0.25) is 0 Å². The number of amides is 2. The van der Waals surface area contributed by atoms with E-state index in [1.54, 1.807) is 18.7 Å². The molecule has 0 bridgehead atoms. The fourth-order valence-electron chi connectivity index (χ4n) is 2.51. The summed E-state index contributed by atoms with van der Waals surface area (Å²) in [5.74, 6) is -1.51. The molecule has 0 aromatic heterocycles. The minimum Gasteiger partial charge on any atom is -0.480 e. The Morgan fingerprint density at radius 1 is 1.10 bits per heavy atom. The Kier molecular flexibility index (Phi) is 6.18. The van der Waals surface area contributed by atoms with Crippen molar-refractivity contribution in [2.75, 3.05) is 13.1 Å². The monoisotopic (exact) mass is 298 g/mol. The predicted molar refractivity (Wildman–Crippen MR) is 78.5 cm³/mol. The molecule has 0 radical (unpaired) electrons. The first-order chi connectivity index (χ1) is 9.73. The number of nitrogens with one attached hydrogen (secondary N) is 1. The summed E-state index contributed by atoms with van der Waals surface area (Å²) in [7, 11) is 0. The van der Waals surface area contributed by atoms with Crippen molar-refractivity contribution in [2.24, 2.45) is 17.8 Å². The fourth-order valence-corrected chi connectivity index (χ4v) is 2.51. The maximum atomic E-state index is 12.1. The minimum absolute atomic E-state index is 0.0345. The second-order valence-corrected chi connectivity index (χ2v) is 6.32. The molecule has 1 rings (SSSR count). The molecule has 0 saturated carbocycles. The molecule has 120 valence electrons. The molecular formula is C15H26N2O4. The molecule has 21 heavy (non-hydrogen) atoms. The molecule has 1 saturated heterocycles. The van der Waals surface area contributed by atoms with Crippen LogP contribution in [-0.4, -0.2) is 46.9 Å². The van der Waals surface area contributed by atoms with Gasteiger partial charge in [-0.05, 0) is 18.8 Å². The van der Waals surface area contributed by atoms with Gasteiger partial charge in [0.25, 0.3) is 0 Å². The van der Waals surface area contributed by atoms with E-state index >= 15 is 0 Å². The summed E-state index contributed by atoms with van der Waals surface area (Å²) < 4.78 is 0. The number of rotatable bonds is 5. The molecule has 1 atom stereocenters. The molecule has 2 N–H and O–H groups in total. The minimum atomic E-state index is -1.01. The van der Waals surface area contributed by atoms with Crippen LogP contribution in [0.15, 0.2) is 0 Å².